The highest BCUT2D eigenvalue weighted by Crippen LogP contribution is 2.12. The van der Waals surface area contributed by atoms with E-state index in [9.17, 15) is 9.90 Å². The third-order valence-corrected chi connectivity index (χ3v) is 3.04. The molecule has 0 spiro atoms. The first-order valence-electron chi connectivity index (χ1n) is 6.43. The number of likely N-dealkylation sites (N-methyl/N-ethyl adjacent to an activating group) is 1. The fourth-order valence-corrected chi connectivity index (χ4v) is 1.90. The number of nitrogens with one attached hydrogen (secondary N) is 1. The van der Waals surface area contributed by atoms with E-state index in [1.54, 1.807) is 14.0 Å². The number of carbonyl (C=O) groups is 1. The number of carboxylic acid groups (broad SMARTS) is 1. The van der Waals surface area contributed by atoms with Crippen molar-refractivity contribution < 1.29 is 14.6 Å². The molecule has 0 bridgehead atoms. The van der Waals surface area contributed by atoms with Gasteiger partial charge >= 0.3 is 5.97 Å². The number of nitrogens with zero attached hydrogens (tertiary/aromatic N) is 1. The van der Waals surface area contributed by atoms with Crippen LogP contribution in [0.15, 0.2) is 0 Å². The van der Waals surface area contributed by atoms with Gasteiger partial charge in [0.15, 0.2) is 0 Å². The van der Waals surface area contributed by atoms with E-state index >= 15 is 0 Å². The number of ether oxygens (including phenoxy) is 1. The first kappa shape index (κ1) is 17.4. The van der Waals surface area contributed by atoms with Crippen LogP contribution in [0.5, 0.6) is 0 Å². The predicted molar refractivity (Wildman–Crippen MR) is 72.9 cm³/mol. The molecule has 0 aliphatic rings. The molecular weight excluding hydrogens is 232 g/mol. The number of methoxy groups -OCH3 is 1. The number of aliphatic carboxylic acids is 1. The molecule has 2 atom stereocenters. The van der Waals surface area contributed by atoms with E-state index < -0.39 is 11.5 Å². The Morgan fingerprint density at radius 2 is 2.00 bits per heavy atom. The first-order valence-corrected chi connectivity index (χ1v) is 6.43. The van der Waals surface area contributed by atoms with Crippen molar-refractivity contribution in [2.24, 2.45) is 0 Å². The molecule has 0 aliphatic heterocycles. The lowest BCUT2D eigenvalue weighted by atomic mass is 9.96. The second-order valence-electron chi connectivity index (χ2n) is 5.49. The molecular formula is C13H28N2O3. The van der Waals surface area contributed by atoms with Gasteiger partial charge in [0.05, 0.1) is 6.10 Å². The van der Waals surface area contributed by atoms with Gasteiger partial charge in [-0.15, -0.1) is 0 Å². The lowest BCUT2D eigenvalue weighted by molar-refractivity contribution is -0.145. The third kappa shape index (κ3) is 6.33. The van der Waals surface area contributed by atoms with Crippen LogP contribution >= 0.6 is 0 Å². The van der Waals surface area contributed by atoms with Gasteiger partial charge in [0.2, 0.25) is 0 Å². The Hall–Kier alpha value is -0.650. The highest BCUT2D eigenvalue weighted by Gasteiger charge is 2.33. The summed E-state index contributed by atoms with van der Waals surface area (Å²) >= 11 is 0. The second kappa shape index (κ2) is 7.71. The molecule has 0 aliphatic carbocycles. The summed E-state index contributed by atoms with van der Waals surface area (Å²) in [6.07, 6.45) is 0.720. The van der Waals surface area contributed by atoms with Gasteiger partial charge < -0.3 is 14.7 Å². The van der Waals surface area contributed by atoms with Crippen LogP contribution in [-0.4, -0.2) is 60.9 Å². The molecule has 2 unspecified atom stereocenters. The summed E-state index contributed by atoms with van der Waals surface area (Å²) in [5, 5.41) is 12.4. The van der Waals surface area contributed by atoms with E-state index in [-0.39, 0.29) is 12.1 Å². The maximum Gasteiger partial charge on any atom is 0.323 e. The normalized spacial score (nSPS) is 16.9. The van der Waals surface area contributed by atoms with Crippen molar-refractivity contribution in [2.75, 3.05) is 27.2 Å². The maximum absolute atomic E-state index is 11.3. The summed E-state index contributed by atoms with van der Waals surface area (Å²) in [5.41, 5.74) is -0.876. The van der Waals surface area contributed by atoms with Crippen LogP contribution in [0.25, 0.3) is 0 Å². The smallest absolute Gasteiger partial charge is 0.323 e. The Labute approximate surface area is 110 Å². The van der Waals surface area contributed by atoms with Crippen molar-refractivity contribution in [2.45, 2.75) is 51.8 Å². The summed E-state index contributed by atoms with van der Waals surface area (Å²) < 4.78 is 5.19. The standard InChI is InChI=1S/C13H28N2O3/c1-10(2)14-13(4,12(16)17)7-8-15(5)9-11(3)18-6/h10-11,14H,7-9H2,1-6H3,(H,16,17). The van der Waals surface area contributed by atoms with Crippen molar-refractivity contribution in [1.82, 2.24) is 10.2 Å². The minimum Gasteiger partial charge on any atom is -0.480 e. The molecule has 108 valence electrons. The Bertz CT molecular complexity index is 259. The quantitative estimate of drug-likeness (QED) is 0.652. The van der Waals surface area contributed by atoms with E-state index in [1.807, 2.05) is 27.8 Å². The zero-order valence-electron chi connectivity index (χ0n) is 12.5. The summed E-state index contributed by atoms with van der Waals surface area (Å²) in [6, 6.07) is 0.148. The van der Waals surface area contributed by atoms with Crippen molar-refractivity contribution in [1.29, 1.82) is 0 Å². The lowest BCUT2D eigenvalue weighted by Crippen LogP contribution is -2.53. The van der Waals surface area contributed by atoms with Gasteiger partial charge in [-0.25, -0.2) is 0 Å². The van der Waals surface area contributed by atoms with Gasteiger partial charge in [0, 0.05) is 26.2 Å². The fourth-order valence-electron chi connectivity index (χ4n) is 1.90. The number of hydrogen-bond donors (Lipinski definition) is 2. The molecule has 0 aromatic heterocycles. The molecule has 5 heteroatoms. The molecule has 2 N–H and O–H groups in total. The lowest BCUT2D eigenvalue weighted by Gasteiger charge is -2.31. The second-order valence-corrected chi connectivity index (χ2v) is 5.49. The van der Waals surface area contributed by atoms with Crippen LogP contribution in [0.4, 0.5) is 0 Å². The fraction of sp³-hybridized carbons (Fsp3) is 0.923. The Kier molecular flexibility index (Phi) is 7.43. The Morgan fingerprint density at radius 3 is 2.39 bits per heavy atom. The summed E-state index contributed by atoms with van der Waals surface area (Å²) in [7, 11) is 3.66. The number of carboxylic acids is 1. The van der Waals surface area contributed by atoms with Gasteiger partial charge in [-0.2, -0.15) is 0 Å². The molecule has 0 aromatic rings. The Balaban J connectivity index is 4.31. The molecule has 0 heterocycles. The minimum absolute atomic E-state index is 0.148. The molecule has 0 saturated heterocycles. The van der Waals surface area contributed by atoms with Crippen molar-refractivity contribution in [3.63, 3.8) is 0 Å². The van der Waals surface area contributed by atoms with Crippen LogP contribution in [0.3, 0.4) is 0 Å². The molecule has 5 nitrogen and oxygen atoms in total. The summed E-state index contributed by atoms with van der Waals surface area (Å²) in [4.78, 5) is 13.4. The summed E-state index contributed by atoms with van der Waals surface area (Å²) in [6.45, 7) is 9.17. The zero-order valence-corrected chi connectivity index (χ0v) is 12.5. The van der Waals surface area contributed by atoms with Crippen molar-refractivity contribution >= 4 is 5.97 Å². The maximum atomic E-state index is 11.3. The monoisotopic (exact) mass is 260 g/mol. The van der Waals surface area contributed by atoms with E-state index in [0.717, 1.165) is 13.1 Å². The predicted octanol–water partition coefficient (Wildman–Crippen LogP) is 1.18. The van der Waals surface area contributed by atoms with Gasteiger partial charge in [0.1, 0.15) is 5.54 Å². The van der Waals surface area contributed by atoms with Gasteiger partial charge in [-0.1, -0.05) is 0 Å². The SMILES string of the molecule is COC(C)CN(C)CCC(C)(NC(C)C)C(=O)O. The highest BCUT2D eigenvalue weighted by molar-refractivity contribution is 5.78. The van der Waals surface area contributed by atoms with E-state index in [1.165, 1.54) is 0 Å². The highest BCUT2D eigenvalue weighted by atomic mass is 16.5. The molecule has 0 radical (unpaired) electrons. The average molecular weight is 260 g/mol. The third-order valence-electron chi connectivity index (χ3n) is 3.04. The topological polar surface area (TPSA) is 61.8 Å². The van der Waals surface area contributed by atoms with Crippen molar-refractivity contribution in [3.05, 3.63) is 0 Å². The van der Waals surface area contributed by atoms with Crippen LogP contribution in [0.2, 0.25) is 0 Å². The van der Waals surface area contributed by atoms with Gasteiger partial charge in [-0.05, 0) is 41.2 Å². The zero-order chi connectivity index (χ0) is 14.3. The molecule has 0 rings (SSSR count). The van der Waals surface area contributed by atoms with E-state index in [2.05, 4.69) is 10.2 Å². The van der Waals surface area contributed by atoms with Crippen molar-refractivity contribution in [3.8, 4) is 0 Å². The van der Waals surface area contributed by atoms with Gasteiger partial charge in [0.25, 0.3) is 0 Å². The van der Waals surface area contributed by atoms with E-state index in [0.29, 0.717) is 6.42 Å². The Morgan fingerprint density at radius 1 is 1.44 bits per heavy atom. The largest absolute Gasteiger partial charge is 0.480 e. The van der Waals surface area contributed by atoms with Crippen LogP contribution in [0.1, 0.15) is 34.1 Å². The van der Waals surface area contributed by atoms with Crippen LogP contribution in [-0.2, 0) is 9.53 Å². The first-order chi connectivity index (χ1) is 8.21. The molecule has 18 heavy (non-hydrogen) atoms. The number of hydrogen-bond acceptors (Lipinski definition) is 4. The molecule has 0 aromatic carbocycles. The minimum atomic E-state index is -0.876. The van der Waals surface area contributed by atoms with Gasteiger partial charge in [-0.3, -0.25) is 10.1 Å². The molecule has 0 saturated carbocycles. The average Bonchev–Trinajstić information content (AvgIpc) is 2.25. The van der Waals surface area contributed by atoms with E-state index in [4.69, 9.17) is 4.74 Å². The van der Waals surface area contributed by atoms with Crippen LogP contribution in [0, 0.1) is 0 Å². The van der Waals surface area contributed by atoms with Crippen LogP contribution < -0.4 is 5.32 Å². The summed E-state index contributed by atoms with van der Waals surface area (Å²) in [5.74, 6) is -0.801. The molecule has 0 fully saturated rings. The molecule has 0 amide bonds. The number of rotatable bonds is 9.